The van der Waals surface area contributed by atoms with E-state index in [0.717, 1.165) is 17.2 Å². The summed E-state index contributed by atoms with van der Waals surface area (Å²) in [7, 11) is 1.80. The highest BCUT2D eigenvalue weighted by Crippen LogP contribution is 2.27. The number of carbonyl (C=O) groups is 2. The molecule has 0 saturated carbocycles. The van der Waals surface area contributed by atoms with Crippen LogP contribution in [0.3, 0.4) is 0 Å². The van der Waals surface area contributed by atoms with E-state index in [1.807, 2.05) is 6.92 Å². The number of carbonyl (C=O) groups excluding carboxylic acids is 1. The number of nitrogens with one attached hydrogen (secondary N) is 1. The first-order chi connectivity index (χ1) is 10.4. The molecule has 1 aromatic rings. The van der Waals surface area contributed by atoms with Gasteiger partial charge in [-0.2, -0.15) is 16.9 Å². The summed E-state index contributed by atoms with van der Waals surface area (Å²) in [6.45, 7) is 3.44. The van der Waals surface area contributed by atoms with Crippen molar-refractivity contribution in [3.05, 3.63) is 11.4 Å². The molecule has 1 aromatic heterocycles. The summed E-state index contributed by atoms with van der Waals surface area (Å²) in [4.78, 5) is 23.6. The molecular weight excluding hydrogens is 306 g/mol. The molecule has 0 aliphatic carbocycles. The molecule has 2 heterocycles. The van der Waals surface area contributed by atoms with Crippen LogP contribution in [0, 0.1) is 13.8 Å². The molecule has 1 aliphatic rings. The molecule has 0 aromatic carbocycles. The normalized spacial score (nSPS) is 17.0. The third-order valence-corrected chi connectivity index (χ3v) is 4.91. The van der Waals surface area contributed by atoms with E-state index in [4.69, 9.17) is 4.74 Å². The van der Waals surface area contributed by atoms with E-state index in [1.54, 1.807) is 30.4 Å². The molecule has 8 heteroatoms. The van der Waals surface area contributed by atoms with E-state index >= 15 is 0 Å². The van der Waals surface area contributed by atoms with Crippen molar-refractivity contribution in [3.8, 4) is 5.75 Å². The minimum Gasteiger partial charge on any atom is -0.480 e. The summed E-state index contributed by atoms with van der Waals surface area (Å²) in [6, 6.07) is 0. The van der Waals surface area contributed by atoms with Gasteiger partial charge in [-0.1, -0.05) is 0 Å². The Labute approximate surface area is 133 Å². The molecule has 7 nitrogen and oxygen atoms in total. The number of amides is 1. The summed E-state index contributed by atoms with van der Waals surface area (Å²) in [5.41, 5.74) is 0.368. The Hall–Kier alpha value is -1.70. The number of aliphatic carboxylic acids is 1. The number of carboxylic acids is 1. The number of nitrogens with zero attached hydrogens (tertiary/aromatic N) is 2. The lowest BCUT2D eigenvalue weighted by Gasteiger charge is -2.33. The van der Waals surface area contributed by atoms with Crippen molar-refractivity contribution in [2.75, 3.05) is 18.1 Å². The van der Waals surface area contributed by atoms with Gasteiger partial charge in [0.2, 0.25) is 0 Å². The number of aryl methyl sites for hydroxylation is 2. The van der Waals surface area contributed by atoms with E-state index in [9.17, 15) is 14.7 Å². The van der Waals surface area contributed by atoms with Gasteiger partial charge in [-0.3, -0.25) is 9.48 Å². The van der Waals surface area contributed by atoms with Gasteiger partial charge in [0.1, 0.15) is 11.2 Å². The fraction of sp³-hybridized carbons (Fsp3) is 0.643. The van der Waals surface area contributed by atoms with Gasteiger partial charge >= 0.3 is 5.97 Å². The SMILES string of the molecule is Cc1nn(C)c(C)c1OCC(=O)NC1(C(=O)O)CCSCC1. The lowest BCUT2D eigenvalue weighted by molar-refractivity contribution is -0.148. The summed E-state index contributed by atoms with van der Waals surface area (Å²) >= 11 is 1.70. The van der Waals surface area contributed by atoms with Crippen LogP contribution in [0.5, 0.6) is 5.75 Å². The van der Waals surface area contributed by atoms with Crippen LogP contribution in [0.4, 0.5) is 0 Å². The molecule has 2 rings (SSSR count). The smallest absolute Gasteiger partial charge is 0.329 e. The second-order valence-corrected chi connectivity index (χ2v) is 6.68. The predicted molar refractivity (Wildman–Crippen MR) is 83.2 cm³/mol. The van der Waals surface area contributed by atoms with Crippen molar-refractivity contribution >= 4 is 23.6 Å². The molecule has 0 bridgehead atoms. The fourth-order valence-electron chi connectivity index (χ4n) is 2.52. The minimum atomic E-state index is -1.16. The topological polar surface area (TPSA) is 93.5 Å². The largest absolute Gasteiger partial charge is 0.480 e. The van der Waals surface area contributed by atoms with Gasteiger partial charge < -0.3 is 15.2 Å². The number of thioether (sulfide) groups is 1. The molecule has 0 radical (unpaired) electrons. The van der Waals surface area contributed by atoms with Crippen LogP contribution in [-0.2, 0) is 16.6 Å². The molecule has 22 heavy (non-hydrogen) atoms. The first kappa shape index (κ1) is 16.7. The van der Waals surface area contributed by atoms with Gasteiger partial charge in [0.25, 0.3) is 5.91 Å². The molecule has 0 unspecified atom stereocenters. The maximum Gasteiger partial charge on any atom is 0.329 e. The highest BCUT2D eigenvalue weighted by Gasteiger charge is 2.41. The van der Waals surface area contributed by atoms with Crippen molar-refractivity contribution in [1.82, 2.24) is 15.1 Å². The highest BCUT2D eigenvalue weighted by molar-refractivity contribution is 7.99. The van der Waals surface area contributed by atoms with Crippen LogP contribution < -0.4 is 10.1 Å². The second-order valence-electron chi connectivity index (χ2n) is 5.46. The zero-order valence-corrected chi connectivity index (χ0v) is 13.8. The first-order valence-electron chi connectivity index (χ1n) is 7.11. The van der Waals surface area contributed by atoms with E-state index < -0.39 is 17.4 Å². The maximum absolute atomic E-state index is 12.1. The third-order valence-electron chi connectivity index (χ3n) is 3.92. The van der Waals surface area contributed by atoms with Crippen LogP contribution in [0.1, 0.15) is 24.2 Å². The standard InChI is InChI=1S/C14H21N3O4S/c1-9-12(10(2)17(3)16-9)21-8-11(18)15-14(13(19)20)4-6-22-7-5-14/h4-8H2,1-3H3,(H,15,18)(H,19,20). The van der Waals surface area contributed by atoms with Gasteiger partial charge in [0.05, 0.1) is 5.69 Å². The molecule has 2 N–H and O–H groups in total. The molecule has 0 spiro atoms. The van der Waals surface area contributed by atoms with Crippen molar-refractivity contribution in [3.63, 3.8) is 0 Å². The summed E-state index contributed by atoms with van der Waals surface area (Å²) < 4.78 is 7.20. The van der Waals surface area contributed by atoms with Gasteiger partial charge in [0, 0.05) is 7.05 Å². The first-order valence-corrected chi connectivity index (χ1v) is 8.26. The average molecular weight is 327 g/mol. The Balaban J connectivity index is 1.98. The Morgan fingerprint density at radius 2 is 2.05 bits per heavy atom. The average Bonchev–Trinajstić information content (AvgIpc) is 2.71. The number of ether oxygens (including phenoxy) is 1. The molecular formula is C14H21N3O4S. The maximum atomic E-state index is 12.1. The Kier molecular flexibility index (Phi) is 5.00. The molecule has 0 atom stereocenters. The molecule has 1 fully saturated rings. The molecule has 1 amide bonds. The van der Waals surface area contributed by atoms with Crippen molar-refractivity contribution in [1.29, 1.82) is 0 Å². The Bertz CT molecular complexity index is 579. The van der Waals surface area contributed by atoms with E-state index in [1.165, 1.54) is 0 Å². The van der Waals surface area contributed by atoms with Crippen LogP contribution in [0.25, 0.3) is 0 Å². The Morgan fingerprint density at radius 3 is 2.55 bits per heavy atom. The fourth-order valence-corrected chi connectivity index (χ4v) is 3.71. The van der Waals surface area contributed by atoms with Crippen molar-refractivity contribution in [2.45, 2.75) is 32.2 Å². The van der Waals surface area contributed by atoms with E-state index in [-0.39, 0.29) is 6.61 Å². The third kappa shape index (κ3) is 3.37. The second kappa shape index (κ2) is 6.60. The van der Waals surface area contributed by atoms with Gasteiger partial charge in [-0.15, -0.1) is 0 Å². The van der Waals surface area contributed by atoms with Crippen LogP contribution in [-0.4, -0.2) is 50.4 Å². The monoisotopic (exact) mass is 327 g/mol. The zero-order chi connectivity index (χ0) is 16.3. The van der Waals surface area contributed by atoms with Gasteiger partial charge in [-0.05, 0) is 38.2 Å². The lowest BCUT2D eigenvalue weighted by atomic mass is 9.92. The zero-order valence-electron chi connectivity index (χ0n) is 13.0. The van der Waals surface area contributed by atoms with Crippen LogP contribution in [0.15, 0.2) is 0 Å². The molecule has 122 valence electrons. The van der Waals surface area contributed by atoms with Crippen molar-refractivity contribution in [2.24, 2.45) is 7.05 Å². The quantitative estimate of drug-likeness (QED) is 0.834. The summed E-state index contributed by atoms with van der Waals surface area (Å²) in [5, 5.41) is 16.3. The van der Waals surface area contributed by atoms with Crippen LogP contribution >= 0.6 is 11.8 Å². The highest BCUT2D eigenvalue weighted by atomic mass is 32.2. The number of carboxylic acid groups (broad SMARTS) is 1. The Morgan fingerprint density at radius 1 is 1.41 bits per heavy atom. The number of hydrogen-bond donors (Lipinski definition) is 2. The van der Waals surface area contributed by atoms with Crippen molar-refractivity contribution < 1.29 is 19.4 Å². The minimum absolute atomic E-state index is 0.213. The predicted octanol–water partition coefficient (Wildman–Crippen LogP) is 0.882. The van der Waals surface area contributed by atoms with Crippen LogP contribution in [0.2, 0.25) is 0 Å². The lowest BCUT2D eigenvalue weighted by Crippen LogP contribution is -2.57. The molecule has 1 aliphatic heterocycles. The summed E-state index contributed by atoms with van der Waals surface area (Å²) in [5.74, 6) is 0.635. The molecule has 1 saturated heterocycles. The number of rotatable bonds is 5. The van der Waals surface area contributed by atoms with E-state index in [2.05, 4.69) is 10.4 Å². The van der Waals surface area contributed by atoms with Gasteiger partial charge in [-0.25, -0.2) is 4.79 Å². The van der Waals surface area contributed by atoms with Gasteiger partial charge in [0.15, 0.2) is 12.4 Å². The van der Waals surface area contributed by atoms with E-state index in [0.29, 0.717) is 24.3 Å². The number of aromatic nitrogens is 2. The number of hydrogen-bond acceptors (Lipinski definition) is 5. The summed E-state index contributed by atoms with van der Waals surface area (Å²) in [6.07, 6.45) is 0.868.